The third kappa shape index (κ3) is 2.11. The van der Waals surface area contributed by atoms with E-state index in [-0.39, 0.29) is 11.8 Å². The van der Waals surface area contributed by atoms with Crippen LogP contribution in [0, 0.1) is 0 Å². The van der Waals surface area contributed by atoms with Crippen molar-refractivity contribution in [1.29, 1.82) is 0 Å². The van der Waals surface area contributed by atoms with Gasteiger partial charge >= 0.3 is 0 Å². The number of hydrogen-bond donors (Lipinski definition) is 2. The van der Waals surface area contributed by atoms with Gasteiger partial charge in [-0.3, -0.25) is 0 Å². The third-order valence-corrected chi connectivity index (χ3v) is 3.43. The lowest BCUT2D eigenvalue weighted by molar-refractivity contribution is 0.309. The van der Waals surface area contributed by atoms with Gasteiger partial charge in [0.15, 0.2) is 0 Å². The van der Waals surface area contributed by atoms with Crippen LogP contribution in [0.3, 0.4) is 0 Å². The summed E-state index contributed by atoms with van der Waals surface area (Å²) in [5.41, 5.74) is 3.97. The molecule has 17 heavy (non-hydrogen) atoms. The number of ether oxygens (including phenoxy) is 1. The number of aromatic nitrogens is 1. The van der Waals surface area contributed by atoms with Crippen LogP contribution in [-0.2, 0) is 6.54 Å². The zero-order chi connectivity index (χ0) is 11.7. The SMILES string of the molecule is Oc1ccc2c(c1)OCC2NCc1cscn1. The van der Waals surface area contributed by atoms with Crippen LogP contribution < -0.4 is 10.1 Å². The third-order valence-electron chi connectivity index (χ3n) is 2.79. The van der Waals surface area contributed by atoms with Gasteiger partial charge in [0.05, 0.1) is 17.2 Å². The van der Waals surface area contributed by atoms with Gasteiger partial charge in [-0.25, -0.2) is 4.98 Å². The molecule has 5 heteroatoms. The monoisotopic (exact) mass is 248 g/mol. The first-order valence-electron chi connectivity index (χ1n) is 5.39. The van der Waals surface area contributed by atoms with E-state index in [0.29, 0.717) is 6.61 Å². The van der Waals surface area contributed by atoms with Crippen molar-refractivity contribution in [3.63, 3.8) is 0 Å². The van der Waals surface area contributed by atoms with Crippen molar-refractivity contribution in [2.75, 3.05) is 6.61 Å². The number of benzene rings is 1. The molecule has 0 aliphatic carbocycles. The Hall–Kier alpha value is -1.59. The molecule has 2 heterocycles. The maximum absolute atomic E-state index is 9.35. The van der Waals surface area contributed by atoms with E-state index in [0.717, 1.165) is 23.6 Å². The van der Waals surface area contributed by atoms with E-state index in [9.17, 15) is 5.11 Å². The topological polar surface area (TPSA) is 54.4 Å². The Morgan fingerprint density at radius 2 is 2.47 bits per heavy atom. The van der Waals surface area contributed by atoms with E-state index in [1.807, 2.05) is 17.0 Å². The first kappa shape index (κ1) is 10.6. The Kier molecular flexibility index (Phi) is 2.70. The van der Waals surface area contributed by atoms with Crippen molar-refractivity contribution < 1.29 is 9.84 Å². The van der Waals surface area contributed by atoms with Gasteiger partial charge in [0, 0.05) is 23.6 Å². The summed E-state index contributed by atoms with van der Waals surface area (Å²) in [6, 6.07) is 5.41. The Morgan fingerprint density at radius 1 is 1.53 bits per heavy atom. The van der Waals surface area contributed by atoms with Crippen LogP contribution in [0.2, 0.25) is 0 Å². The molecule has 0 spiro atoms. The van der Waals surface area contributed by atoms with E-state index >= 15 is 0 Å². The van der Waals surface area contributed by atoms with Crippen LogP contribution >= 0.6 is 11.3 Å². The summed E-state index contributed by atoms with van der Waals surface area (Å²) < 4.78 is 5.52. The molecule has 0 saturated carbocycles. The normalized spacial score (nSPS) is 17.8. The highest BCUT2D eigenvalue weighted by Crippen LogP contribution is 2.34. The molecular formula is C12H12N2O2S. The van der Waals surface area contributed by atoms with Crippen LogP contribution in [0.4, 0.5) is 0 Å². The van der Waals surface area contributed by atoms with Crippen LogP contribution in [0.25, 0.3) is 0 Å². The number of nitrogens with one attached hydrogen (secondary N) is 1. The van der Waals surface area contributed by atoms with Crippen LogP contribution in [0.15, 0.2) is 29.1 Å². The molecule has 2 aromatic rings. The first-order chi connectivity index (χ1) is 8.33. The Labute approximate surface area is 103 Å². The van der Waals surface area contributed by atoms with Gasteiger partial charge in [0.1, 0.15) is 18.1 Å². The highest BCUT2D eigenvalue weighted by Gasteiger charge is 2.23. The fraction of sp³-hybridized carbons (Fsp3) is 0.250. The first-order valence-corrected chi connectivity index (χ1v) is 6.33. The van der Waals surface area contributed by atoms with E-state index < -0.39 is 0 Å². The number of fused-ring (bicyclic) bond motifs is 1. The summed E-state index contributed by atoms with van der Waals surface area (Å²) in [5, 5.41) is 14.8. The second-order valence-electron chi connectivity index (χ2n) is 3.95. The van der Waals surface area contributed by atoms with Gasteiger partial charge in [-0.05, 0) is 12.1 Å². The number of rotatable bonds is 3. The molecular weight excluding hydrogens is 236 g/mol. The zero-order valence-electron chi connectivity index (χ0n) is 9.09. The Balaban J connectivity index is 1.71. The van der Waals surface area contributed by atoms with Gasteiger partial charge < -0.3 is 15.2 Å². The summed E-state index contributed by atoms with van der Waals surface area (Å²) in [6.07, 6.45) is 0. The summed E-state index contributed by atoms with van der Waals surface area (Å²) in [6.45, 7) is 1.33. The highest BCUT2D eigenvalue weighted by atomic mass is 32.1. The smallest absolute Gasteiger partial charge is 0.127 e. The molecule has 1 aromatic carbocycles. The van der Waals surface area contributed by atoms with Gasteiger partial charge in [-0.2, -0.15) is 0 Å². The largest absolute Gasteiger partial charge is 0.508 e. The molecule has 0 radical (unpaired) electrons. The summed E-state index contributed by atoms with van der Waals surface area (Å²) in [7, 11) is 0. The highest BCUT2D eigenvalue weighted by molar-refractivity contribution is 7.07. The minimum absolute atomic E-state index is 0.173. The minimum Gasteiger partial charge on any atom is -0.508 e. The molecule has 1 unspecified atom stereocenters. The molecule has 1 aliphatic heterocycles. The maximum Gasteiger partial charge on any atom is 0.127 e. The van der Waals surface area contributed by atoms with Crippen molar-refractivity contribution in [2.45, 2.75) is 12.6 Å². The fourth-order valence-electron chi connectivity index (χ4n) is 1.92. The molecule has 3 rings (SSSR count). The second kappa shape index (κ2) is 4.35. The van der Waals surface area contributed by atoms with E-state index in [2.05, 4.69) is 10.3 Å². The number of phenols is 1. The van der Waals surface area contributed by atoms with Crippen molar-refractivity contribution >= 4 is 11.3 Å². The minimum atomic E-state index is 0.173. The van der Waals surface area contributed by atoms with Gasteiger partial charge in [0.2, 0.25) is 0 Å². The zero-order valence-corrected chi connectivity index (χ0v) is 9.91. The van der Waals surface area contributed by atoms with Gasteiger partial charge in [-0.1, -0.05) is 0 Å². The van der Waals surface area contributed by atoms with Crippen molar-refractivity contribution in [2.24, 2.45) is 0 Å². The predicted octanol–water partition coefficient (Wildman–Crippen LogP) is 2.07. The predicted molar refractivity (Wildman–Crippen MR) is 65.3 cm³/mol. The summed E-state index contributed by atoms with van der Waals surface area (Å²) >= 11 is 1.59. The molecule has 2 N–H and O–H groups in total. The average molecular weight is 248 g/mol. The summed E-state index contributed by atoms with van der Waals surface area (Å²) in [4.78, 5) is 4.22. The van der Waals surface area contributed by atoms with E-state index in [1.54, 1.807) is 23.5 Å². The van der Waals surface area contributed by atoms with Crippen molar-refractivity contribution in [3.8, 4) is 11.5 Å². The average Bonchev–Trinajstić information content (AvgIpc) is 2.94. The van der Waals surface area contributed by atoms with Gasteiger partial charge in [0.25, 0.3) is 0 Å². The van der Waals surface area contributed by atoms with Crippen LogP contribution in [0.1, 0.15) is 17.3 Å². The Bertz CT molecular complexity index is 513. The lowest BCUT2D eigenvalue weighted by Crippen LogP contribution is -2.22. The maximum atomic E-state index is 9.35. The molecule has 1 atom stereocenters. The van der Waals surface area contributed by atoms with Crippen LogP contribution in [-0.4, -0.2) is 16.7 Å². The lowest BCUT2D eigenvalue weighted by Gasteiger charge is -2.10. The molecule has 0 bridgehead atoms. The summed E-state index contributed by atoms with van der Waals surface area (Å²) in [5.74, 6) is 1.00. The number of phenolic OH excluding ortho intramolecular Hbond substituents is 1. The number of aromatic hydroxyl groups is 1. The molecule has 4 nitrogen and oxygen atoms in total. The molecule has 1 aliphatic rings. The lowest BCUT2D eigenvalue weighted by atomic mass is 10.1. The second-order valence-corrected chi connectivity index (χ2v) is 4.67. The van der Waals surface area contributed by atoms with Crippen LogP contribution in [0.5, 0.6) is 11.5 Å². The Morgan fingerprint density at radius 3 is 3.29 bits per heavy atom. The standard InChI is InChI=1S/C12H12N2O2S/c15-9-1-2-10-11(5-16-12(10)3-9)13-4-8-6-17-7-14-8/h1-3,6-7,11,13,15H,4-5H2. The molecule has 0 fully saturated rings. The molecule has 1 aromatic heterocycles. The van der Waals surface area contributed by atoms with E-state index in [4.69, 9.17) is 4.74 Å². The van der Waals surface area contributed by atoms with Crippen molar-refractivity contribution in [3.05, 3.63) is 40.3 Å². The number of nitrogens with zero attached hydrogens (tertiary/aromatic N) is 1. The van der Waals surface area contributed by atoms with Crippen molar-refractivity contribution in [1.82, 2.24) is 10.3 Å². The quantitative estimate of drug-likeness (QED) is 0.873. The fourth-order valence-corrected chi connectivity index (χ4v) is 2.48. The van der Waals surface area contributed by atoms with Gasteiger partial charge in [-0.15, -0.1) is 11.3 Å². The number of hydrogen-bond acceptors (Lipinski definition) is 5. The number of thiazole rings is 1. The van der Waals surface area contributed by atoms with E-state index in [1.165, 1.54) is 0 Å². The molecule has 88 valence electrons. The molecule has 0 saturated heterocycles. The molecule has 0 amide bonds.